The van der Waals surface area contributed by atoms with Gasteiger partial charge in [0, 0.05) is 10.0 Å². The van der Waals surface area contributed by atoms with E-state index >= 15 is 0 Å². The zero-order chi connectivity index (χ0) is 9.14. The third-order valence-electron chi connectivity index (χ3n) is 1.43. The predicted octanol–water partition coefficient (Wildman–Crippen LogP) is 4.11. The topological polar surface area (TPSA) is 0 Å². The fourth-order valence-corrected chi connectivity index (χ4v) is 1.63. The number of rotatable bonds is 2. The van der Waals surface area contributed by atoms with Crippen LogP contribution in [0.2, 0.25) is 10.0 Å². The summed E-state index contributed by atoms with van der Waals surface area (Å²) in [7, 11) is 0. The Labute approximate surface area is 82.8 Å². The van der Waals surface area contributed by atoms with E-state index in [1.807, 2.05) is 19.1 Å². The molecule has 12 heavy (non-hydrogen) atoms. The smallest absolute Gasteiger partial charge is 0.0423 e. The molecular formula is C10H10Cl2. The number of halogens is 2. The van der Waals surface area contributed by atoms with Crippen LogP contribution in [0.1, 0.15) is 12.5 Å². The van der Waals surface area contributed by atoms with Gasteiger partial charge in [0.05, 0.1) is 0 Å². The van der Waals surface area contributed by atoms with Crippen molar-refractivity contribution in [2.24, 2.45) is 0 Å². The maximum atomic E-state index is 5.82. The maximum Gasteiger partial charge on any atom is 0.0423 e. The van der Waals surface area contributed by atoms with Gasteiger partial charge in [-0.1, -0.05) is 35.4 Å². The van der Waals surface area contributed by atoms with Gasteiger partial charge in [-0.3, -0.25) is 0 Å². The van der Waals surface area contributed by atoms with Crippen LogP contribution in [0.4, 0.5) is 0 Å². The van der Waals surface area contributed by atoms with E-state index in [1.165, 1.54) is 0 Å². The SMILES string of the molecule is C=C(C)Cc1cc(Cl)cc(Cl)c1. The van der Waals surface area contributed by atoms with Crippen LogP contribution in [0.25, 0.3) is 0 Å². The third kappa shape index (κ3) is 2.88. The predicted molar refractivity (Wildman–Crippen MR) is 55.0 cm³/mol. The summed E-state index contributed by atoms with van der Waals surface area (Å²) < 4.78 is 0. The number of allylic oxidation sites excluding steroid dienone is 1. The fourth-order valence-electron chi connectivity index (χ4n) is 1.06. The van der Waals surface area contributed by atoms with Crippen molar-refractivity contribution in [1.82, 2.24) is 0 Å². The monoisotopic (exact) mass is 200 g/mol. The molecule has 0 aliphatic heterocycles. The van der Waals surface area contributed by atoms with E-state index < -0.39 is 0 Å². The molecule has 0 aliphatic rings. The summed E-state index contributed by atoms with van der Waals surface area (Å²) in [5.41, 5.74) is 2.22. The highest BCUT2D eigenvalue weighted by Crippen LogP contribution is 2.20. The summed E-state index contributed by atoms with van der Waals surface area (Å²) in [4.78, 5) is 0. The first-order valence-corrected chi connectivity index (χ1v) is 4.43. The standard InChI is InChI=1S/C10H10Cl2/c1-7(2)3-8-4-9(11)6-10(12)5-8/h4-6H,1,3H2,2H3. The second kappa shape index (κ2) is 3.97. The van der Waals surface area contributed by atoms with Crippen LogP contribution in [0, 0.1) is 0 Å². The van der Waals surface area contributed by atoms with Crippen LogP contribution < -0.4 is 0 Å². The lowest BCUT2D eigenvalue weighted by atomic mass is 10.1. The Morgan fingerprint density at radius 3 is 2.17 bits per heavy atom. The lowest BCUT2D eigenvalue weighted by Crippen LogP contribution is -1.85. The number of hydrogen-bond acceptors (Lipinski definition) is 0. The molecule has 0 saturated carbocycles. The summed E-state index contributed by atoms with van der Waals surface area (Å²) in [5.74, 6) is 0. The van der Waals surface area contributed by atoms with Crippen molar-refractivity contribution in [2.45, 2.75) is 13.3 Å². The molecule has 0 unspecified atom stereocenters. The normalized spacial score (nSPS) is 9.92. The molecule has 0 fully saturated rings. The zero-order valence-electron chi connectivity index (χ0n) is 6.90. The molecule has 0 spiro atoms. The van der Waals surface area contributed by atoms with Crippen molar-refractivity contribution in [1.29, 1.82) is 0 Å². The molecule has 1 aromatic rings. The Morgan fingerprint density at radius 2 is 1.75 bits per heavy atom. The number of hydrogen-bond donors (Lipinski definition) is 0. The van der Waals surface area contributed by atoms with Crippen molar-refractivity contribution in [3.8, 4) is 0 Å². The number of benzene rings is 1. The van der Waals surface area contributed by atoms with Crippen molar-refractivity contribution in [2.75, 3.05) is 0 Å². The average Bonchev–Trinajstić information content (AvgIpc) is 1.81. The third-order valence-corrected chi connectivity index (χ3v) is 1.86. The van der Waals surface area contributed by atoms with Crippen LogP contribution in [0.15, 0.2) is 30.4 Å². The lowest BCUT2D eigenvalue weighted by molar-refractivity contribution is 1.15. The highest BCUT2D eigenvalue weighted by atomic mass is 35.5. The van der Waals surface area contributed by atoms with Crippen LogP contribution in [-0.2, 0) is 6.42 Å². The molecule has 0 atom stereocenters. The lowest BCUT2D eigenvalue weighted by Gasteiger charge is -2.01. The van der Waals surface area contributed by atoms with Gasteiger partial charge in [0.25, 0.3) is 0 Å². The Kier molecular flexibility index (Phi) is 3.19. The maximum absolute atomic E-state index is 5.82. The van der Waals surface area contributed by atoms with Crippen LogP contribution in [-0.4, -0.2) is 0 Å². The Balaban J connectivity index is 2.93. The van der Waals surface area contributed by atoms with E-state index in [4.69, 9.17) is 23.2 Å². The highest BCUT2D eigenvalue weighted by Gasteiger charge is 1.97. The molecule has 0 bridgehead atoms. The largest absolute Gasteiger partial charge is 0.0998 e. The Hall–Kier alpha value is -0.460. The van der Waals surface area contributed by atoms with E-state index in [-0.39, 0.29) is 0 Å². The first kappa shape index (κ1) is 9.63. The second-order valence-electron chi connectivity index (χ2n) is 2.91. The van der Waals surface area contributed by atoms with Gasteiger partial charge in [-0.2, -0.15) is 0 Å². The second-order valence-corrected chi connectivity index (χ2v) is 3.78. The van der Waals surface area contributed by atoms with Gasteiger partial charge in [-0.05, 0) is 37.1 Å². The summed E-state index contributed by atoms with van der Waals surface area (Å²) in [6, 6.07) is 5.54. The van der Waals surface area contributed by atoms with Crippen molar-refractivity contribution >= 4 is 23.2 Å². The van der Waals surface area contributed by atoms with E-state index in [9.17, 15) is 0 Å². The quantitative estimate of drug-likeness (QED) is 0.631. The van der Waals surface area contributed by atoms with Crippen molar-refractivity contribution in [3.63, 3.8) is 0 Å². The van der Waals surface area contributed by atoms with E-state index in [1.54, 1.807) is 6.07 Å². The summed E-state index contributed by atoms with van der Waals surface area (Å²) in [6.45, 7) is 5.80. The van der Waals surface area contributed by atoms with Gasteiger partial charge in [0.1, 0.15) is 0 Å². The van der Waals surface area contributed by atoms with Gasteiger partial charge in [-0.15, -0.1) is 0 Å². The van der Waals surface area contributed by atoms with Crippen molar-refractivity contribution in [3.05, 3.63) is 46.0 Å². The van der Waals surface area contributed by atoms with Crippen LogP contribution >= 0.6 is 23.2 Å². The molecule has 2 heteroatoms. The van der Waals surface area contributed by atoms with Crippen LogP contribution in [0.3, 0.4) is 0 Å². The summed E-state index contributed by atoms with van der Waals surface area (Å²) in [6.07, 6.45) is 0.834. The van der Waals surface area contributed by atoms with Crippen molar-refractivity contribution < 1.29 is 0 Å². The first-order valence-electron chi connectivity index (χ1n) is 3.67. The molecule has 0 aromatic heterocycles. The molecule has 1 aromatic carbocycles. The van der Waals surface area contributed by atoms with Gasteiger partial charge in [-0.25, -0.2) is 0 Å². The molecule has 0 saturated heterocycles. The summed E-state index contributed by atoms with van der Waals surface area (Å²) >= 11 is 11.6. The minimum absolute atomic E-state index is 0.679. The summed E-state index contributed by atoms with van der Waals surface area (Å²) in [5, 5.41) is 1.36. The van der Waals surface area contributed by atoms with Crippen LogP contribution in [0.5, 0.6) is 0 Å². The van der Waals surface area contributed by atoms with E-state index in [0.717, 1.165) is 17.6 Å². The Bertz CT molecular complexity index is 282. The molecule has 0 nitrogen and oxygen atoms in total. The first-order chi connectivity index (χ1) is 5.58. The molecule has 64 valence electrons. The molecule has 0 N–H and O–H groups in total. The zero-order valence-corrected chi connectivity index (χ0v) is 8.41. The van der Waals surface area contributed by atoms with Gasteiger partial charge in [0.15, 0.2) is 0 Å². The highest BCUT2D eigenvalue weighted by molar-refractivity contribution is 6.34. The molecule has 0 radical (unpaired) electrons. The van der Waals surface area contributed by atoms with Gasteiger partial charge in [0.2, 0.25) is 0 Å². The minimum Gasteiger partial charge on any atom is -0.0998 e. The molecule has 0 amide bonds. The van der Waals surface area contributed by atoms with E-state index in [0.29, 0.717) is 10.0 Å². The van der Waals surface area contributed by atoms with Gasteiger partial charge >= 0.3 is 0 Å². The van der Waals surface area contributed by atoms with Gasteiger partial charge < -0.3 is 0 Å². The average molecular weight is 201 g/mol. The molecule has 1 rings (SSSR count). The fraction of sp³-hybridized carbons (Fsp3) is 0.200. The van der Waals surface area contributed by atoms with E-state index in [2.05, 4.69) is 6.58 Å². The Morgan fingerprint density at radius 1 is 1.25 bits per heavy atom. The molecule has 0 aliphatic carbocycles. The molecular weight excluding hydrogens is 191 g/mol. The molecule has 0 heterocycles. The minimum atomic E-state index is 0.679.